The Morgan fingerprint density at radius 3 is 2.92 bits per heavy atom. The van der Waals surface area contributed by atoms with Crippen molar-refractivity contribution in [1.29, 1.82) is 0 Å². The van der Waals surface area contributed by atoms with E-state index in [4.69, 9.17) is 0 Å². The van der Waals surface area contributed by atoms with Crippen LogP contribution in [0.5, 0.6) is 0 Å². The first-order valence-corrected chi connectivity index (χ1v) is 4.09. The molecule has 1 aromatic carbocycles. The van der Waals surface area contributed by atoms with Gasteiger partial charge in [-0.05, 0) is 18.6 Å². The molecule has 0 bridgehead atoms. The van der Waals surface area contributed by atoms with Gasteiger partial charge in [0.1, 0.15) is 0 Å². The highest BCUT2D eigenvalue weighted by Crippen LogP contribution is 1.96. The summed E-state index contributed by atoms with van der Waals surface area (Å²) in [6.45, 7) is 5.74. The minimum atomic E-state index is -0.114. The van der Waals surface area contributed by atoms with Crippen molar-refractivity contribution in [3.8, 4) is 0 Å². The van der Waals surface area contributed by atoms with Crippen LogP contribution in [0.2, 0.25) is 0 Å². The average Bonchev–Trinajstić information content (AvgIpc) is 2.15. The van der Waals surface area contributed by atoms with Crippen LogP contribution in [0.4, 0.5) is 0 Å². The lowest BCUT2D eigenvalue weighted by Crippen LogP contribution is -2.22. The van der Waals surface area contributed by atoms with Gasteiger partial charge in [0.25, 0.3) is 0 Å². The summed E-state index contributed by atoms with van der Waals surface area (Å²) in [5.41, 5.74) is 1.49. The smallest absolute Gasteiger partial charge is 0.246 e. The minimum Gasteiger partial charge on any atom is -0.348 e. The quantitative estimate of drug-likeness (QED) is 0.694. The first-order valence-electron chi connectivity index (χ1n) is 4.09. The lowest BCUT2D eigenvalue weighted by atomic mass is 10.2. The largest absolute Gasteiger partial charge is 0.348 e. The lowest BCUT2D eigenvalue weighted by molar-refractivity contribution is -0.117. The van der Waals surface area contributed by atoms with E-state index < -0.39 is 0 Å². The third kappa shape index (κ3) is 3.11. The van der Waals surface area contributed by atoms with E-state index in [-0.39, 0.29) is 5.91 Å². The molecule has 2 nitrogen and oxygen atoms in total. The molecule has 0 aliphatic heterocycles. The van der Waals surface area contributed by atoms with Gasteiger partial charge in [-0.2, -0.15) is 0 Å². The number of amides is 1. The van der Waals surface area contributed by atoms with Crippen LogP contribution in [-0.4, -0.2) is 5.91 Å². The summed E-state index contributed by atoms with van der Waals surface area (Å²) < 4.78 is 0. The van der Waals surface area contributed by atoms with Gasteiger partial charge in [-0.3, -0.25) is 4.79 Å². The van der Waals surface area contributed by atoms with Gasteiger partial charge in [-0.25, -0.2) is 0 Å². The molecule has 0 aliphatic rings. The fourth-order valence-electron chi connectivity index (χ4n) is 0.867. The molecule has 1 N–H and O–H groups in total. The van der Waals surface area contributed by atoms with Crippen LogP contribution >= 0.6 is 0 Å². The Morgan fingerprint density at radius 2 is 2.38 bits per heavy atom. The summed E-state index contributed by atoms with van der Waals surface area (Å²) in [6, 6.07) is 10.6. The average molecular weight is 174 g/mol. The van der Waals surface area contributed by atoms with Crippen LogP contribution in [0.15, 0.2) is 36.4 Å². The van der Waals surface area contributed by atoms with E-state index in [2.05, 4.69) is 18.0 Å². The van der Waals surface area contributed by atoms with Crippen LogP contribution in [0, 0.1) is 6.07 Å². The predicted octanol–water partition coefficient (Wildman–Crippen LogP) is 1.68. The van der Waals surface area contributed by atoms with Crippen LogP contribution in [0.3, 0.4) is 0 Å². The number of benzene rings is 1. The van der Waals surface area contributed by atoms with Crippen molar-refractivity contribution in [2.75, 3.05) is 0 Å². The van der Waals surface area contributed by atoms with E-state index in [9.17, 15) is 4.79 Å². The number of nitrogens with one attached hydrogen (secondary N) is 1. The number of carbonyl (C=O) groups is 1. The Labute approximate surface area is 78.3 Å². The molecule has 1 rings (SSSR count). The summed E-state index contributed by atoms with van der Waals surface area (Å²) in [7, 11) is 0. The molecule has 0 atom stereocenters. The van der Waals surface area contributed by atoms with E-state index in [0.29, 0.717) is 12.1 Å². The molecule has 0 saturated carbocycles. The summed E-state index contributed by atoms with van der Waals surface area (Å²) in [5, 5.41) is 2.73. The van der Waals surface area contributed by atoms with Gasteiger partial charge in [0.05, 0.1) is 0 Å². The van der Waals surface area contributed by atoms with Crippen LogP contribution in [0.25, 0.3) is 0 Å². The van der Waals surface area contributed by atoms with Crippen LogP contribution in [0.1, 0.15) is 12.5 Å². The molecule has 67 valence electrons. The number of carbonyl (C=O) groups excluding carboxylic acids is 1. The van der Waals surface area contributed by atoms with E-state index in [0.717, 1.165) is 5.56 Å². The molecule has 1 aromatic rings. The summed E-state index contributed by atoms with van der Waals surface area (Å²) in [5.74, 6) is -0.114. The normalized spacial score (nSPS) is 9.31. The highest BCUT2D eigenvalue weighted by Gasteiger charge is 1.99. The van der Waals surface area contributed by atoms with E-state index in [1.807, 2.05) is 24.3 Å². The molecule has 0 aliphatic carbocycles. The summed E-state index contributed by atoms with van der Waals surface area (Å²) >= 11 is 0. The predicted molar refractivity (Wildman–Crippen MR) is 51.9 cm³/mol. The third-order valence-corrected chi connectivity index (χ3v) is 1.60. The maximum atomic E-state index is 11.1. The summed E-state index contributed by atoms with van der Waals surface area (Å²) in [6.07, 6.45) is 0. The zero-order valence-electron chi connectivity index (χ0n) is 7.63. The molecule has 0 fully saturated rings. The third-order valence-electron chi connectivity index (χ3n) is 1.60. The minimum absolute atomic E-state index is 0.114. The van der Waals surface area contributed by atoms with E-state index in [1.165, 1.54) is 0 Å². The molecular formula is C11H12NO. The SMILES string of the molecule is C=C(C)C(=O)NCc1[c]cccc1. The first-order chi connectivity index (χ1) is 6.20. The van der Waals surface area contributed by atoms with Crippen molar-refractivity contribution >= 4 is 5.91 Å². The van der Waals surface area contributed by atoms with Gasteiger partial charge in [0, 0.05) is 12.1 Å². The van der Waals surface area contributed by atoms with Crippen LogP contribution in [-0.2, 0) is 11.3 Å². The molecule has 0 heterocycles. The molecule has 0 unspecified atom stereocenters. The highest BCUT2D eigenvalue weighted by molar-refractivity contribution is 5.91. The number of hydrogen-bond donors (Lipinski definition) is 1. The standard InChI is InChI=1S/C11H12NO/c1-9(2)11(13)12-8-10-6-4-3-5-7-10/h3-6H,1,8H2,2H3,(H,12,13). The highest BCUT2D eigenvalue weighted by atomic mass is 16.1. The van der Waals surface area contributed by atoms with Gasteiger partial charge in [-0.1, -0.05) is 30.8 Å². The monoisotopic (exact) mass is 174 g/mol. The van der Waals surface area contributed by atoms with Crippen molar-refractivity contribution in [2.24, 2.45) is 0 Å². The first kappa shape index (κ1) is 9.52. The second-order valence-electron chi connectivity index (χ2n) is 2.85. The maximum Gasteiger partial charge on any atom is 0.246 e. The van der Waals surface area contributed by atoms with Crippen molar-refractivity contribution in [1.82, 2.24) is 5.32 Å². The summed E-state index contributed by atoms with van der Waals surface area (Å²) in [4.78, 5) is 11.1. The van der Waals surface area contributed by atoms with E-state index >= 15 is 0 Å². The lowest BCUT2D eigenvalue weighted by Gasteiger charge is -2.03. The van der Waals surface area contributed by atoms with Gasteiger partial charge < -0.3 is 5.32 Å². The molecule has 0 spiro atoms. The molecule has 13 heavy (non-hydrogen) atoms. The second-order valence-corrected chi connectivity index (χ2v) is 2.85. The molecule has 0 aromatic heterocycles. The molecule has 1 radical (unpaired) electrons. The van der Waals surface area contributed by atoms with Gasteiger partial charge >= 0.3 is 0 Å². The van der Waals surface area contributed by atoms with Crippen molar-refractivity contribution in [3.05, 3.63) is 48.0 Å². The van der Waals surface area contributed by atoms with Crippen molar-refractivity contribution in [2.45, 2.75) is 13.5 Å². The molecule has 0 saturated heterocycles. The van der Waals surface area contributed by atoms with Gasteiger partial charge in [0.2, 0.25) is 5.91 Å². The van der Waals surface area contributed by atoms with Crippen molar-refractivity contribution in [3.63, 3.8) is 0 Å². The Hall–Kier alpha value is -1.57. The Kier molecular flexibility index (Phi) is 3.26. The fourth-order valence-corrected chi connectivity index (χ4v) is 0.867. The number of rotatable bonds is 3. The molecule has 2 heteroatoms. The molecular weight excluding hydrogens is 162 g/mol. The zero-order valence-corrected chi connectivity index (χ0v) is 7.63. The Morgan fingerprint density at radius 1 is 1.62 bits per heavy atom. The topological polar surface area (TPSA) is 29.1 Å². The molecule has 1 amide bonds. The van der Waals surface area contributed by atoms with E-state index in [1.54, 1.807) is 6.92 Å². The van der Waals surface area contributed by atoms with Gasteiger partial charge in [0.15, 0.2) is 0 Å². The Bertz CT molecular complexity index is 303. The maximum absolute atomic E-state index is 11.1. The number of hydrogen-bond acceptors (Lipinski definition) is 1. The zero-order chi connectivity index (χ0) is 9.68. The Balaban J connectivity index is 2.44. The fraction of sp³-hybridized carbons (Fsp3) is 0.182. The van der Waals surface area contributed by atoms with Gasteiger partial charge in [-0.15, -0.1) is 0 Å². The van der Waals surface area contributed by atoms with Crippen molar-refractivity contribution < 1.29 is 4.79 Å². The second kappa shape index (κ2) is 4.45. The van der Waals surface area contributed by atoms with Crippen LogP contribution < -0.4 is 5.32 Å².